The van der Waals surface area contributed by atoms with E-state index in [0.717, 1.165) is 18.2 Å². The summed E-state index contributed by atoms with van der Waals surface area (Å²) in [6.45, 7) is 0. The van der Waals surface area contributed by atoms with E-state index >= 15 is 0 Å². The van der Waals surface area contributed by atoms with E-state index in [4.69, 9.17) is 23.2 Å². The predicted molar refractivity (Wildman–Crippen MR) is 68.5 cm³/mol. The molecule has 0 saturated carbocycles. The molecule has 0 amide bonds. The molecule has 0 bridgehead atoms. The molecule has 0 heterocycles. The van der Waals surface area contributed by atoms with Gasteiger partial charge in [-0.05, 0) is 29.8 Å². The van der Waals surface area contributed by atoms with Gasteiger partial charge in [0.15, 0.2) is 0 Å². The minimum absolute atomic E-state index is 0.137. The van der Waals surface area contributed by atoms with Gasteiger partial charge in [0.05, 0.1) is 5.02 Å². The Morgan fingerprint density at radius 2 is 1.55 bits per heavy atom. The van der Waals surface area contributed by atoms with Crippen molar-refractivity contribution in [1.29, 1.82) is 0 Å². The van der Waals surface area contributed by atoms with Crippen molar-refractivity contribution in [3.05, 3.63) is 52.3 Å². The van der Waals surface area contributed by atoms with Crippen molar-refractivity contribution in [1.82, 2.24) is 0 Å². The molecule has 0 aliphatic heterocycles. The Labute approximate surface area is 121 Å². The van der Waals surface area contributed by atoms with Crippen molar-refractivity contribution >= 4 is 23.2 Å². The van der Waals surface area contributed by atoms with Crippen LogP contribution in [0, 0.1) is 5.82 Å². The second kappa shape index (κ2) is 5.50. The standard InChI is InChI=1S/C13H6Cl2F4O/c14-8-5-10(12(15)11(16)6-8)7-1-3-9(4-2-7)20-13(17,18)19/h1-6H. The van der Waals surface area contributed by atoms with Crippen LogP contribution in [0.2, 0.25) is 10.0 Å². The van der Waals surface area contributed by atoms with Crippen LogP contribution in [0.1, 0.15) is 0 Å². The van der Waals surface area contributed by atoms with Crippen molar-refractivity contribution in [3.8, 4) is 16.9 Å². The number of hydrogen-bond acceptors (Lipinski definition) is 1. The third-order valence-electron chi connectivity index (χ3n) is 2.39. The SMILES string of the molecule is Fc1cc(Cl)cc(-c2ccc(OC(F)(F)F)cc2)c1Cl. The smallest absolute Gasteiger partial charge is 0.406 e. The van der Waals surface area contributed by atoms with E-state index in [-0.39, 0.29) is 21.4 Å². The molecule has 0 saturated heterocycles. The maximum atomic E-state index is 13.4. The molecule has 0 aliphatic carbocycles. The Morgan fingerprint density at radius 3 is 2.10 bits per heavy atom. The second-order valence-corrected chi connectivity index (χ2v) is 4.64. The second-order valence-electron chi connectivity index (χ2n) is 3.82. The largest absolute Gasteiger partial charge is 0.573 e. The van der Waals surface area contributed by atoms with E-state index in [0.29, 0.717) is 5.56 Å². The monoisotopic (exact) mass is 324 g/mol. The molecule has 0 fully saturated rings. The molecule has 0 atom stereocenters. The van der Waals surface area contributed by atoms with Crippen LogP contribution in [-0.4, -0.2) is 6.36 Å². The quantitative estimate of drug-likeness (QED) is 0.508. The summed E-state index contributed by atoms with van der Waals surface area (Å²) in [5, 5.41) is -0.0172. The minimum atomic E-state index is -4.76. The number of halogens is 6. The van der Waals surface area contributed by atoms with Crippen LogP contribution in [0.5, 0.6) is 5.75 Å². The first-order valence-electron chi connectivity index (χ1n) is 5.27. The van der Waals surface area contributed by atoms with Crippen molar-refractivity contribution in [2.75, 3.05) is 0 Å². The molecule has 2 rings (SSSR count). The third kappa shape index (κ3) is 3.55. The first kappa shape index (κ1) is 14.9. The van der Waals surface area contributed by atoms with Crippen molar-refractivity contribution < 1.29 is 22.3 Å². The lowest BCUT2D eigenvalue weighted by atomic mass is 10.1. The van der Waals surface area contributed by atoms with Crippen LogP contribution in [0.3, 0.4) is 0 Å². The fourth-order valence-corrected chi connectivity index (χ4v) is 2.03. The summed E-state index contributed by atoms with van der Waals surface area (Å²) < 4.78 is 53.2. The van der Waals surface area contributed by atoms with Crippen LogP contribution < -0.4 is 4.74 Å². The van der Waals surface area contributed by atoms with E-state index in [9.17, 15) is 17.6 Å². The first-order chi connectivity index (χ1) is 9.26. The van der Waals surface area contributed by atoms with Crippen LogP contribution in [-0.2, 0) is 0 Å². The zero-order valence-electron chi connectivity index (χ0n) is 9.64. The molecule has 0 aromatic heterocycles. The Hall–Kier alpha value is -1.46. The van der Waals surface area contributed by atoms with E-state index in [1.54, 1.807) is 0 Å². The van der Waals surface area contributed by atoms with E-state index in [1.807, 2.05) is 0 Å². The van der Waals surface area contributed by atoms with Gasteiger partial charge < -0.3 is 4.74 Å². The van der Waals surface area contributed by atoms with Gasteiger partial charge in [-0.3, -0.25) is 0 Å². The highest BCUT2D eigenvalue weighted by atomic mass is 35.5. The zero-order valence-corrected chi connectivity index (χ0v) is 11.2. The van der Waals surface area contributed by atoms with Gasteiger partial charge in [0.1, 0.15) is 11.6 Å². The molecule has 2 aromatic rings. The number of hydrogen-bond donors (Lipinski definition) is 0. The van der Waals surface area contributed by atoms with Gasteiger partial charge in [-0.2, -0.15) is 0 Å². The highest BCUT2D eigenvalue weighted by molar-refractivity contribution is 6.35. The number of alkyl halides is 3. The van der Waals surface area contributed by atoms with Crippen molar-refractivity contribution in [2.24, 2.45) is 0 Å². The topological polar surface area (TPSA) is 9.23 Å². The molecule has 0 unspecified atom stereocenters. The fraction of sp³-hybridized carbons (Fsp3) is 0.0769. The Kier molecular flexibility index (Phi) is 4.11. The molecule has 2 aromatic carbocycles. The highest BCUT2D eigenvalue weighted by Crippen LogP contribution is 2.34. The zero-order chi connectivity index (χ0) is 14.9. The fourth-order valence-electron chi connectivity index (χ4n) is 1.60. The van der Waals surface area contributed by atoms with E-state index < -0.39 is 12.2 Å². The van der Waals surface area contributed by atoms with Gasteiger partial charge in [-0.1, -0.05) is 35.3 Å². The highest BCUT2D eigenvalue weighted by Gasteiger charge is 2.31. The van der Waals surface area contributed by atoms with Gasteiger partial charge in [0.25, 0.3) is 0 Å². The van der Waals surface area contributed by atoms with Crippen LogP contribution in [0.15, 0.2) is 36.4 Å². The van der Waals surface area contributed by atoms with Gasteiger partial charge >= 0.3 is 6.36 Å². The maximum Gasteiger partial charge on any atom is 0.573 e. The summed E-state index contributed by atoms with van der Waals surface area (Å²) in [6.07, 6.45) is -4.76. The molecular weight excluding hydrogens is 319 g/mol. The van der Waals surface area contributed by atoms with Gasteiger partial charge in [-0.15, -0.1) is 13.2 Å². The maximum absolute atomic E-state index is 13.4. The molecule has 0 radical (unpaired) electrons. The van der Waals surface area contributed by atoms with Crippen LogP contribution in [0.4, 0.5) is 17.6 Å². The summed E-state index contributed by atoms with van der Waals surface area (Å²) in [4.78, 5) is 0. The minimum Gasteiger partial charge on any atom is -0.406 e. The van der Waals surface area contributed by atoms with E-state index in [1.165, 1.54) is 18.2 Å². The average Bonchev–Trinajstić information content (AvgIpc) is 2.33. The van der Waals surface area contributed by atoms with Gasteiger partial charge in [0.2, 0.25) is 0 Å². The molecule has 20 heavy (non-hydrogen) atoms. The molecule has 1 nitrogen and oxygen atoms in total. The number of benzene rings is 2. The molecule has 0 aliphatic rings. The van der Waals surface area contributed by atoms with Gasteiger partial charge in [0, 0.05) is 10.6 Å². The van der Waals surface area contributed by atoms with Crippen molar-refractivity contribution in [3.63, 3.8) is 0 Å². The van der Waals surface area contributed by atoms with Crippen molar-refractivity contribution in [2.45, 2.75) is 6.36 Å². The lowest BCUT2D eigenvalue weighted by Crippen LogP contribution is -2.16. The van der Waals surface area contributed by atoms with Gasteiger partial charge in [-0.25, -0.2) is 4.39 Å². The molecular formula is C13H6Cl2F4O. The third-order valence-corrected chi connectivity index (χ3v) is 2.99. The Bertz CT molecular complexity index is 624. The summed E-state index contributed by atoms with van der Waals surface area (Å²) in [5.41, 5.74) is 0.709. The molecule has 7 heteroatoms. The first-order valence-corrected chi connectivity index (χ1v) is 6.02. The van der Waals surface area contributed by atoms with Crippen LogP contribution >= 0.6 is 23.2 Å². The summed E-state index contributed by atoms with van der Waals surface area (Å²) in [7, 11) is 0. The normalized spacial score (nSPS) is 11.5. The summed E-state index contributed by atoms with van der Waals surface area (Å²) in [5.74, 6) is -1.08. The molecule has 0 spiro atoms. The average molecular weight is 325 g/mol. The predicted octanol–water partition coefficient (Wildman–Crippen LogP) is 5.70. The number of ether oxygens (including phenoxy) is 1. The Morgan fingerprint density at radius 1 is 0.950 bits per heavy atom. The lowest BCUT2D eigenvalue weighted by molar-refractivity contribution is -0.274. The van der Waals surface area contributed by atoms with E-state index in [2.05, 4.69) is 4.74 Å². The molecule has 106 valence electrons. The lowest BCUT2D eigenvalue weighted by Gasteiger charge is -2.10. The number of rotatable bonds is 2. The van der Waals surface area contributed by atoms with Crippen LogP contribution in [0.25, 0.3) is 11.1 Å². The summed E-state index contributed by atoms with van der Waals surface area (Å²) >= 11 is 11.5. The molecule has 0 N–H and O–H groups in total. The summed E-state index contributed by atoms with van der Waals surface area (Å²) in [6, 6.07) is 7.35. The Balaban J connectivity index is 2.36.